The van der Waals surface area contributed by atoms with Crippen LogP contribution in [0.1, 0.15) is 56.3 Å². The maximum atomic E-state index is 12.5. The van der Waals surface area contributed by atoms with Crippen LogP contribution in [0.25, 0.3) is 0 Å². The van der Waals surface area contributed by atoms with E-state index in [1.807, 2.05) is 4.90 Å². The van der Waals surface area contributed by atoms with Gasteiger partial charge in [-0.3, -0.25) is 4.79 Å². The number of amides is 1. The van der Waals surface area contributed by atoms with Crippen LogP contribution in [0.5, 0.6) is 0 Å². The van der Waals surface area contributed by atoms with Gasteiger partial charge in [0.25, 0.3) is 0 Å². The minimum Gasteiger partial charge on any atom is -0.337 e. The summed E-state index contributed by atoms with van der Waals surface area (Å²) < 4.78 is 5.23. The average molecular weight is 301 g/mol. The summed E-state index contributed by atoms with van der Waals surface area (Å²) in [6.45, 7) is 2.51. The van der Waals surface area contributed by atoms with E-state index in [0.717, 1.165) is 25.8 Å². The molecule has 3 rings (SSSR count). The summed E-state index contributed by atoms with van der Waals surface area (Å²) >= 11 is 0. The number of likely N-dealkylation sites (tertiary alicyclic amines) is 1. The summed E-state index contributed by atoms with van der Waals surface area (Å²) in [5, 5.41) is 11.9. The lowest BCUT2D eigenvalue weighted by Crippen LogP contribution is -2.31. The topological polar surface area (TPSA) is 84.0 Å². The number of hydrogen-bond donors (Lipinski definition) is 0. The van der Waals surface area contributed by atoms with E-state index in [-0.39, 0.29) is 11.9 Å². The fourth-order valence-electron chi connectivity index (χ4n) is 2.89. The largest absolute Gasteiger partial charge is 0.337 e. The SMILES string of the molecule is C#CCCC1(CCC(=O)N2CCCC2c2nc(C)no2)N=N1. The molecule has 7 nitrogen and oxygen atoms in total. The van der Waals surface area contributed by atoms with Crippen LogP contribution in [0, 0.1) is 19.3 Å². The summed E-state index contributed by atoms with van der Waals surface area (Å²) in [5.41, 5.74) is -0.404. The highest BCUT2D eigenvalue weighted by Gasteiger charge is 2.41. The van der Waals surface area contributed by atoms with Gasteiger partial charge in [0.1, 0.15) is 6.04 Å². The number of terminal acetylenes is 1. The molecular weight excluding hydrogens is 282 g/mol. The van der Waals surface area contributed by atoms with E-state index in [1.165, 1.54) is 0 Å². The minimum atomic E-state index is -0.404. The van der Waals surface area contributed by atoms with Crippen molar-refractivity contribution in [2.75, 3.05) is 6.54 Å². The van der Waals surface area contributed by atoms with E-state index in [0.29, 0.717) is 31.0 Å². The third-order valence-electron chi connectivity index (χ3n) is 4.19. The molecule has 0 radical (unpaired) electrons. The van der Waals surface area contributed by atoms with Gasteiger partial charge in [-0.2, -0.15) is 15.2 Å². The fourth-order valence-corrected chi connectivity index (χ4v) is 2.89. The monoisotopic (exact) mass is 301 g/mol. The molecule has 0 saturated carbocycles. The van der Waals surface area contributed by atoms with E-state index in [1.54, 1.807) is 6.92 Å². The Labute approximate surface area is 129 Å². The predicted molar refractivity (Wildman–Crippen MR) is 77.6 cm³/mol. The van der Waals surface area contributed by atoms with Gasteiger partial charge in [-0.1, -0.05) is 5.16 Å². The van der Waals surface area contributed by atoms with Crippen LogP contribution >= 0.6 is 0 Å². The molecule has 1 amide bonds. The molecule has 1 unspecified atom stereocenters. The van der Waals surface area contributed by atoms with Crippen molar-refractivity contribution in [3.8, 4) is 12.3 Å². The lowest BCUT2D eigenvalue weighted by Gasteiger charge is -2.22. The second-order valence-electron chi connectivity index (χ2n) is 5.81. The molecular formula is C15H19N5O2. The lowest BCUT2D eigenvalue weighted by atomic mass is 10.0. The summed E-state index contributed by atoms with van der Waals surface area (Å²) in [4.78, 5) is 18.6. The van der Waals surface area contributed by atoms with Crippen molar-refractivity contribution in [1.82, 2.24) is 15.0 Å². The molecule has 22 heavy (non-hydrogen) atoms. The minimum absolute atomic E-state index is 0.0933. The Kier molecular flexibility index (Phi) is 3.92. The van der Waals surface area contributed by atoms with Gasteiger partial charge in [0.15, 0.2) is 11.5 Å². The molecule has 0 aromatic carbocycles. The molecule has 116 valence electrons. The molecule has 0 N–H and O–H groups in total. The van der Waals surface area contributed by atoms with Crippen LogP contribution in [-0.4, -0.2) is 33.2 Å². The number of aromatic nitrogens is 2. The summed E-state index contributed by atoms with van der Waals surface area (Å²) in [6, 6.07) is -0.0940. The summed E-state index contributed by atoms with van der Waals surface area (Å²) in [6.07, 6.45) is 9.49. The van der Waals surface area contributed by atoms with E-state index in [4.69, 9.17) is 10.9 Å². The van der Waals surface area contributed by atoms with Crippen LogP contribution in [-0.2, 0) is 4.79 Å². The van der Waals surface area contributed by atoms with Crippen LogP contribution in [0.15, 0.2) is 14.8 Å². The number of nitrogens with zero attached hydrogens (tertiary/aromatic N) is 5. The van der Waals surface area contributed by atoms with Crippen molar-refractivity contribution in [2.45, 2.75) is 57.2 Å². The highest BCUT2D eigenvalue weighted by Crippen LogP contribution is 2.39. The van der Waals surface area contributed by atoms with Crippen molar-refractivity contribution in [3.63, 3.8) is 0 Å². The Hall–Kier alpha value is -2.23. The number of hydrogen-bond acceptors (Lipinski definition) is 6. The molecule has 0 aliphatic carbocycles. The van der Waals surface area contributed by atoms with Crippen molar-refractivity contribution in [3.05, 3.63) is 11.7 Å². The van der Waals surface area contributed by atoms with Crippen LogP contribution in [0.2, 0.25) is 0 Å². The smallest absolute Gasteiger partial charge is 0.249 e. The Balaban J connectivity index is 1.56. The molecule has 1 fully saturated rings. The number of aryl methyl sites for hydroxylation is 1. The van der Waals surface area contributed by atoms with Crippen LogP contribution in [0.3, 0.4) is 0 Å². The molecule has 3 heterocycles. The quantitative estimate of drug-likeness (QED) is 0.755. The van der Waals surface area contributed by atoms with E-state index < -0.39 is 5.66 Å². The van der Waals surface area contributed by atoms with Gasteiger partial charge < -0.3 is 9.42 Å². The molecule has 2 aliphatic heterocycles. The van der Waals surface area contributed by atoms with Gasteiger partial charge in [-0.15, -0.1) is 12.3 Å². The van der Waals surface area contributed by atoms with Crippen molar-refractivity contribution in [1.29, 1.82) is 0 Å². The molecule has 2 aliphatic rings. The predicted octanol–water partition coefficient (Wildman–Crippen LogP) is 2.40. The molecule has 1 atom stereocenters. The van der Waals surface area contributed by atoms with Crippen LogP contribution in [0.4, 0.5) is 0 Å². The average Bonchev–Trinajstić information content (AvgIpc) is 2.91. The molecule has 0 spiro atoms. The highest BCUT2D eigenvalue weighted by atomic mass is 16.5. The van der Waals surface area contributed by atoms with E-state index >= 15 is 0 Å². The van der Waals surface area contributed by atoms with Gasteiger partial charge in [0.2, 0.25) is 11.8 Å². The molecule has 1 saturated heterocycles. The zero-order valence-electron chi connectivity index (χ0n) is 12.7. The summed E-state index contributed by atoms with van der Waals surface area (Å²) in [7, 11) is 0. The molecule has 1 aromatic rings. The first kappa shape index (κ1) is 14.7. The molecule has 7 heteroatoms. The third kappa shape index (κ3) is 3.01. The van der Waals surface area contributed by atoms with Crippen molar-refractivity contribution in [2.24, 2.45) is 10.2 Å². The number of carbonyl (C=O) groups excluding carboxylic acids is 1. The number of rotatable bonds is 6. The first-order chi connectivity index (χ1) is 10.6. The van der Waals surface area contributed by atoms with Gasteiger partial charge in [0, 0.05) is 32.2 Å². The Bertz CT molecular complexity index is 624. The molecule has 1 aromatic heterocycles. The van der Waals surface area contributed by atoms with Crippen LogP contribution < -0.4 is 0 Å². The Morgan fingerprint density at radius 1 is 1.50 bits per heavy atom. The number of carbonyl (C=O) groups is 1. The maximum Gasteiger partial charge on any atom is 0.249 e. The van der Waals surface area contributed by atoms with E-state index in [9.17, 15) is 4.79 Å². The van der Waals surface area contributed by atoms with Crippen molar-refractivity contribution < 1.29 is 9.32 Å². The highest BCUT2D eigenvalue weighted by molar-refractivity contribution is 5.77. The summed E-state index contributed by atoms with van der Waals surface area (Å²) in [5.74, 6) is 3.82. The Morgan fingerprint density at radius 3 is 2.95 bits per heavy atom. The first-order valence-corrected chi connectivity index (χ1v) is 7.61. The lowest BCUT2D eigenvalue weighted by molar-refractivity contribution is -0.132. The first-order valence-electron chi connectivity index (χ1n) is 7.61. The Morgan fingerprint density at radius 2 is 2.32 bits per heavy atom. The van der Waals surface area contributed by atoms with Gasteiger partial charge in [0.05, 0.1) is 0 Å². The standard InChI is InChI=1S/C15H19N5O2/c1-3-4-8-15(18-19-15)9-7-13(21)20-10-5-6-12(20)14-16-11(2)17-22-14/h1,12H,4-10H2,2H3. The van der Waals surface area contributed by atoms with Gasteiger partial charge in [-0.05, 0) is 19.8 Å². The fraction of sp³-hybridized carbons (Fsp3) is 0.667. The zero-order chi connectivity index (χ0) is 15.6. The third-order valence-corrected chi connectivity index (χ3v) is 4.19. The van der Waals surface area contributed by atoms with Gasteiger partial charge in [-0.25, -0.2) is 0 Å². The second kappa shape index (κ2) is 5.87. The van der Waals surface area contributed by atoms with E-state index in [2.05, 4.69) is 26.3 Å². The van der Waals surface area contributed by atoms with Crippen molar-refractivity contribution >= 4 is 5.91 Å². The molecule has 0 bridgehead atoms. The van der Waals surface area contributed by atoms with Gasteiger partial charge >= 0.3 is 0 Å². The maximum absolute atomic E-state index is 12.5. The zero-order valence-corrected chi connectivity index (χ0v) is 12.7. The normalized spacial score (nSPS) is 21.8. The second-order valence-corrected chi connectivity index (χ2v) is 5.81.